The summed E-state index contributed by atoms with van der Waals surface area (Å²) < 4.78 is 0. The lowest BCUT2D eigenvalue weighted by atomic mass is 10.1. The predicted molar refractivity (Wildman–Crippen MR) is 44.4 cm³/mol. The fraction of sp³-hybridized carbons (Fsp3) is 0.600. The molecule has 0 rings (SSSR count). The lowest BCUT2D eigenvalue weighted by molar-refractivity contribution is -0.137. The van der Waals surface area contributed by atoms with Crippen molar-refractivity contribution in [3.8, 4) is 0 Å². The van der Waals surface area contributed by atoms with E-state index in [9.17, 15) is 9.59 Å². The van der Waals surface area contributed by atoms with Crippen molar-refractivity contribution in [3.05, 3.63) is 0 Å². The standard InChI is InChI=1S/C5H10N2O3.H2S/c6-3(1-4(7)8)2-5(9)10;/h3H,1-2,6H2,(H2,7,8)(H,9,10);1H2/t3-;/m0./s1. The Hall–Kier alpha value is -0.750. The Morgan fingerprint density at radius 3 is 2.09 bits per heavy atom. The van der Waals surface area contributed by atoms with Gasteiger partial charge >= 0.3 is 5.97 Å². The summed E-state index contributed by atoms with van der Waals surface area (Å²) in [4.78, 5) is 20.1. The lowest BCUT2D eigenvalue weighted by Crippen LogP contribution is -2.29. The van der Waals surface area contributed by atoms with Gasteiger partial charge in [-0.2, -0.15) is 13.5 Å². The third-order valence-corrected chi connectivity index (χ3v) is 0.900. The van der Waals surface area contributed by atoms with E-state index >= 15 is 0 Å². The lowest BCUT2D eigenvalue weighted by Gasteiger charge is -2.03. The van der Waals surface area contributed by atoms with Crippen molar-refractivity contribution in [2.75, 3.05) is 0 Å². The molecule has 0 radical (unpaired) electrons. The van der Waals surface area contributed by atoms with Crippen molar-refractivity contribution in [2.45, 2.75) is 18.9 Å². The number of primary amides is 1. The first kappa shape index (κ1) is 12.9. The summed E-state index contributed by atoms with van der Waals surface area (Å²) in [5.74, 6) is -1.59. The minimum absolute atomic E-state index is 0. The van der Waals surface area contributed by atoms with E-state index in [-0.39, 0.29) is 26.3 Å². The summed E-state index contributed by atoms with van der Waals surface area (Å²) >= 11 is 0. The molecule has 0 saturated carbocycles. The van der Waals surface area contributed by atoms with E-state index in [0.717, 1.165) is 0 Å². The van der Waals surface area contributed by atoms with Crippen LogP contribution in [0, 0.1) is 0 Å². The van der Waals surface area contributed by atoms with E-state index in [1.165, 1.54) is 0 Å². The monoisotopic (exact) mass is 180 g/mol. The first-order chi connectivity index (χ1) is 4.52. The van der Waals surface area contributed by atoms with E-state index in [2.05, 4.69) is 0 Å². The molecule has 5 nitrogen and oxygen atoms in total. The number of amides is 1. The van der Waals surface area contributed by atoms with E-state index in [1.54, 1.807) is 0 Å². The smallest absolute Gasteiger partial charge is 0.304 e. The summed E-state index contributed by atoms with van der Waals surface area (Å²) in [6.07, 6.45) is -0.296. The second-order valence-corrected chi connectivity index (χ2v) is 2.03. The molecule has 66 valence electrons. The Labute approximate surface area is 71.2 Å². The molecule has 0 bridgehead atoms. The first-order valence-electron chi connectivity index (χ1n) is 2.78. The molecule has 0 fully saturated rings. The molecule has 0 aromatic rings. The van der Waals surface area contributed by atoms with Crippen LogP contribution in [0.25, 0.3) is 0 Å². The molecular weight excluding hydrogens is 168 g/mol. The van der Waals surface area contributed by atoms with Gasteiger partial charge in [0.25, 0.3) is 0 Å². The Morgan fingerprint density at radius 2 is 1.82 bits per heavy atom. The van der Waals surface area contributed by atoms with Gasteiger partial charge in [0.05, 0.1) is 6.42 Å². The van der Waals surface area contributed by atoms with Crippen LogP contribution in [-0.2, 0) is 9.59 Å². The molecule has 0 aromatic heterocycles. The number of nitrogens with two attached hydrogens (primary N) is 2. The molecule has 5 N–H and O–H groups in total. The topological polar surface area (TPSA) is 106 Å². The number of carboxylic acid groups (broad SMARTS) is 1. The van der Waals surface area contributed by atoms with Crippen LogP contribution in [0.3, 0.4) is 0 Å². The zero-order valence-corrected chi connectivity index (χ0v) is 6.91. The molecule has 0 spiro atoms. The van der Waals surface area contributed by atoms with Crippen molar-refractivity contribution >= 4 is 25.4 Å². The van der Waals surface area contributed by atoms with Gasteiger partial charge in [-0.15, -0.1) is 0 Å². The molecule has 0 aliphatic rings. The fourth-order valence-electron chi connectivity index (χ4n) is 0.555. The number of aliphatic carboxylic acids is 1. The second kappa shape index (κ2) is 5.99. The minimum Gasteiger partial charge on any atom is -0.481 e. The first-order valence-corrected chi connectivity index (χ1v) is 2.78. The molecule has 0 aliphatic heterocycles. The van der Waals surface area contributed by atoms with E-state index < -0.39 is 17.9 Å². The predicted octanol–water partition coefficient (Wildman–Crippen LogP) is -1.22. The van der Waals surface area contributed by atoms with Crippen LogP contribution in [0.2, 0.25) is 0 Å². The highest BCUT2D eigenvalue weighted by atomic mass is 32.1. The normalized spacial score (nSPS) is 11.4. The van der Waals surface area contributed by atoms with Crippen molar-refractivity contribution in [1.29, 1.82) is 0 Å². The van der Waals surface area contributed by atoms with Gasteiger partial charge in [0.2, 0.25) is 5.91 Å². The van der Waals surface area contributed by atoms with E-state index in [1.807, 2.05) is 0 Å². The summed E-state index contributed by atoms with van der Waals surface area (Å²) in [6.45, 7) is 0. The molecule has 0 aromatic carbocycles. The summed E-state index contributed by atoms with van der Waals surface area (Å²) in [7, 11) is 0. The average Bonchev–Trinajstić information content (AvgIpc) is 1.58. The third-order valence-electron chi connectivity index (χ3n) is 0.900. The molecular formula is C5H12N2O3S. The van der Waals surface area contributed by atoms with Gasteiger partial charge in [-0.05, 0) is 0 Å². The Bertz CT molecular complexity index is 135. The summed E-state index contributed by atoms with van der Waals surface area (Å²) in [6, 6.07) is -0.657. The number of carbonyl (C=O) groups excluding carboxylic acids is 1. The van der Waals surface area contributed by atoms with Crippen LogP contribution in [-0.4, -0.2) is 23.0 Å². The Morgan fingerprint density at radius 1 is 1.36 bits per heavy atom. The van der Waals surface area contributed by atoms with E-state index in [0.29, 0.717) is 0 Å². The maximum atomic E-state index is 10.1. The molecule has 0 unspecified atom stereocenters. The highest BCUT2D eigenvalue weighted by Gasteiger charge is 2.09. The molecule has 6 heteroatoms. The highest BCUT2D eigenvalue weighted by Crippen LogP contribution is 1.92. The van der Waals surface area contributed by atoms with Crippen LogP contribution in [0.4, 0.5) is 0 Å². The van der Waals surface area contributed by atoms with Crippen LogP contribution in [0.5, 0.6) is 0 Å². The van der Waals surface area contributed by atoms with Gasteiger partial charge in [0.1, 0.15) is 0 Å². The number of carboxylic acids is 1. The molecule has 0 saturated heterocycles. The Kier molecular flexibility index (Phi) is 7.02. The summed E-state index contributed by atoms with van der Waals surface area (Å²) in [5.41, 5.74) is 9.95. The summed E-state index contributed by atoms with van der Waals surface area (Å²) in [5, 5.41) is 8.16. The SMILES string of the molecule is NC(=O)C[C@H](N)CC(=O)O.S. The zero-order chi connectivity index (χ0) is 8.15. The van der Waals surface area contributed by atoms with Crippen LogP contribution in [0.15, 0.2) is 0 Å². The second-order valence-electron chi connectivity index (χ2n) is 2.03. The number of rotatable bonds is 4. The number of hydrogen-bond acceptors (Lipinski definition) is 3. The van der Waals surface area contributed by atoms with Crippen molar-refractivity contribution in [2.24, 2.45) is 11.5 Å². The van der Waals surface area contributed by atoms with Crippen molar-refractivity contribution in [1.82, 2.24) is 0 Å². The number of carbonyl (C=O) groups is 2. The van der Waals surface area contributed by atoms with Crippen molar-refractivity contribution < 1.29 is 14.7 Å². The van der Waals surface area contributed by atoms with E-state index in [4.69, 9.17) is 16.6 Å². The van der Waals surface area contributed by atoms with Gasteiger partial charge in [-0.1, -0.05) is 0 Å². The highest BCUT2D eigenvalue weighted by molar-refractivity contribution is 7.59. The average molecular weight is 180 g/mol. The maximum absolute atomic E-state index is 10.1. The van der Waals surface area contributed by atoms with Crippen LogP contribution in [0.1, 0.15) is 12.8 Å². The molecule has 0 aliphatic carbocycles. The van der Waals surface area contributed by atoms with Gasteiger partial charge in [0, 0.05) is 12.5 Å². The molecule has 1 amide bonds. The quantitative estimate of drug-likeness (QED) is 0.504. The fourth-order valence-corrected chi connectivity index (χ4v) is 0.555. The van der Waals surface area contributed by atoms with Gasteiger partial charge in [0.15, 0.2) is 0 Å². The van der Waals surface area contributed by atoms with Crippen LogP contribution < -0.4 is 11.5 Å². The molecule has 11 heavy (non-hydrogen) atoms. The number of hydrogen-bond donors (Lipinski definition) is 3. The Balaban J connectivity index is 0. The van der Waals surface area contributed by atoms with Gasteiger partial charge < -0.3 is 16.6 Å². The molecule has 1 atom stereocenters. The maximum Gasteiger partial charge on any atom is 0.304 e. The minimum atomic E-state index is -1.02. The van der Waals surface area contributed by atoms with Gasteiger partial charge in [-0.3, -0.25) is 9.59 Å². The molecule has 0 heterocycles. The zero-order valence-electron chi connectivity index (χ0n) is 5.91. The largest absolute Gasteiger partial charge is 0.481 e. The van der Waals surface area contributed by atoms with Crippen molar-refractivity contribution in [3.63, 3.8) is 0 Å². The van der Waals surface area contributed by atoms with Crippen LogP contribution >= 0.6 is 13.5 Å². The van der Waals surface area contributed by atoms with Gasteiger partial charge in [-0.25, -0.2) is 0 Å². The third kappa shape index (κ3) is 9.25.